The molecule has 36 heavy (non-hydrogen) atoms. The summed E-state index contributed by atoms with van der Waals surface area (Å²) in [7, 11) is -3.61. The van der Waals surface area contributed by atoms with E-state index in [0.29, 0.717) is 28.8 Å². The van der Waals surface area contributed by atoms with Crippen molar-refractivity contribution in [1.29, 1.82) is 0 Å². The van der Waals surface area contributed by atoms with E-state index in [1.54, 1.807) is 37.3 Å². The van der Waals surface area contributed by atoms with Gasteiger partial charge in [0.1, 0.15) is 6.04 Å². The molecule has 0 aliphatic carbocycles. The van der Waals surface area contributed by atoms with Gasteiger partial charge in [0.05, 0.1) is 11.9 Å². The third-order valence-electron chi connectivity index (χ3n) is 5.78. The van der Waals surface area contributed by atoms with Crippen molar-refractivity contribution < 1.29 is 27.5 Å². The minimum atomic E-state index is -3.61. The Hall–Kier alpha value is -2.98. The highest BCUT2D eigenvalue weighted by Gasteiger charge is 2.27. The normalized spacial score (nSPS) is 13.2. The molecule has 2 aromatic rings. The molecule has 1 N–H and O–H groups in total. The van der Waals surface area contributed by atoms with Gasteiger partial charge < -0.3 is 19.7 Å². The average molecular weight is 538 g/mol. The number of carbonyl (C=O) groups is 2. The van der Waals surface area contributed by atoms with E-state index in [2.05, 4.69) is 5.32 Å². The van der Waals surface area contributed by atoms with Crippen molar-refractivity contribution in [2.75, 3.05) is 30.4 Å². The Kier molecular flexibility index (Phi) is 9.44. The first kappa shape index (κ1) is 27.6. The van der Waals surface area contributed by atoms with E-state index in [0.717, 1.165) is 18.2 Å². The lowest BCUT2D eigenvalue weighted by atomic mass is 10.1. The number of halogens is 1. The van der Waals surface area contributed by atoms with Crippen molar-refractivity contribution in [3.05, 3.63) is 53.1 Å². The Bertz CT molecular complexity index is 1170. The predicted octanol–water partition coefficient (Wildman–Crippen LogP) is 3.56. The van der Waals surface area contributed by atoms with Crippen molar-refractivity contribution in [2.24, 2.45) is 0 Å². The van der Waals surface area contributed by atoms with E-state index in [1.807, 2.05) is 19.1 Å². The van der Waals surface area contributed by atoms with Gasteiger partial charge in [0.25, 0.3) is 0 Å². The lowest BCUT2D eigenvalue weighted by molar-refractivity contribution is -0.140. The number of hydrogen-bond acceptors (Lipinski definition) is 6. The molecule has 11 heteroatoms. The van der Waals surface area contributed by atoms with Crippen LogP contribution in [0.4, 0.5) is 5.69 Å². The molecule has 0 spiro atoms. The first-order valence-electron chi connectivity index (χ1n) is 11.8. The summed E-state index contributed by atoms with van der Waals surface area (Å²) in [4.78, 5) is 27.4. The maximum absolute atomic E-state index is 13.3. The van der Waals surface area contributed by atoms with Crippen LogP contribution in [0.1, 0.15) is 38.7 Å². The highest BCUT2D eigenvalue weighted by atomic mass is 35.5. The zero-order valence-corrected chi connectivity index (χ0v) is 22.3. The fourth-order valence-electron chi connectivity index (χ4n) is 3.81. The van der Waals surface area contributed by atoms with Crippen LogP contribution in [-0.2, 0) is 26.2 Å². The van der Waals surface area contributed by atoms with Crippen LogP contribution in [0.25, 0.3) is 0 Å². The van der Waals surface area contributed by atoms with E-state index in [-0.39, 0.29) is 44.5 Å². The van der Waals surface area contributed by atoms with Crippen LogP contribution in [-0.4, -0.2) is 57.3 Å². The van der Waals surface area contributed by atoms with E-state index >= 15 is 0 Å². The Labute approximate surface area is 217 Å². The second kappa shape index (κ2) is 12.3. The quantitative estimate of drug-likeness (QED) is 0.444. The number of hydrogen-bond donors (Lipinski definition) is 1. The summed E-state index contributed by atoms with van der Waals surface area (Å²) in [5.74, 6) is 0.536. The standard InChI is InChI=1S/C25H32ClN3O6S/c1-4-13-27-25(31)18(2)28(16-19-7-9-20(26)10-8-19)24(30)6-5-14-29(36(3,32)33)21-11-12-22-23(15-21)35-17-34-22/h7-12,15,18H,4-6,13-14,16-17H2,1-3H3,(H,27,31)/t18-/m0/s1. The van der Waals surface area contributed by atoms with E-state index in [1.165, 1.54) is 9.21 Å². The Balaban J connectivity index is 1.71. The third kappa shape index (κ3) is 7.27. The molecule has 0 radical (unpaired) electrons. The van der Waals surface area contributed by atoms with Gasteiger partial charge in [-0.25, -0.2) is 8.42 Å². The topological polar surface area (TPSA) is 105 Å². The molecule has 1 atom stereocenters. The van der Waals surface area contributed by atoms with Crippen molar-refractivity contribution in [3.63, 3.8) is 0 Å². The molecule has 0 fully saturated rings. The summed E-state index contributed by atoms with van der Waals surface area (Å²) >= 11 is 5.98. The molecule has 0 unspecified atom stereocenters. The van der Waals surface area contributed by atoms with E-state index < -0.39 is 16.1 Å². The van der Waals surface area contributed by atoms with Crippen LogP contribution in [0.3, 0.4) is 0 Å². The van der Waals surface area contributed by atoms with Crippen LogP contribution in [0, 0.1) is 0 Å². The Morgan fingerprint density at radius 3 is 2.47 bits per heavy atom. The van der Waals surface area contributed by atoms with Crippen molar-refractivity contribution >= 4 is 39.1 Å². The molecule has 196 valence electrons. The first-order valence-corrected chi connectivity index (χ1v) is 14.0. The highest BCUT2D eigenvalue weighted by molar-refractivity contribution is 7.92. The summed E-state index contributed by atoms with van der Waals surface area (Å²) in [6, 6.07) is 11.3. The lowest BCUT2D eigenvalue weighted by Crippen LogP contribution is -2.47. The summed E-state index contributed by atoms with van der Waals surface area (Å²) in [6.07, 6.45) is 2.23. The van der Waals surface area contributed by atoms with Gasteiger partial charge in [-0.05, 0) is 49.6 Å². The van der Waals surface area contributed by atoms with Crippen molar-refractivity contribution in [1.82, 2.24) is 10.2 Å². The Morgan fingerprint density at radius 2 is 1.81 bits per heavy atom. The SMILES string of the molecule is CCCNC(=O)[C@H](C)N(Cc1ccc(Cl)cc1)C(=O)CCCN(c1ccc2c(c1)OCO2)S(C)(=O)=O. The number of rotatable bonds is 12. The minimum Gasteiger partial charge on any atom is -0.454 e. The number of amides is 2. The summed E-state index contributed by atoms with van der Waals surface area (Å²) < 4.78 is 36.9. The fraction of sp³-hybridized carbons (Fsp3) is 0.440. The Morgan fingerprint density at radius 1 is 1.11 bits per heavy atom. The summed E-state index contributed by atoms with van der Waals surface area (Å²) in [6.45, 7) is 4.57. The molecule has 3 rings (SSSR count). The summed E-state index contributed by atoms with van der Waals surface area (Å²) in [5.41, 5.74) is 1.26. The molecule has 0 bridgehead atoms. The van der Waals surface area contributed by atoms with Gasteiger partial charge in [-0.1, -0.05) is 30.7 Å². The molecular formula is C25H32ClN3O6S. The maximum atomic E-state index is 13.3. The van der Waals surface area contributed by atoms with Gasteiger partial charge >= 0.3 is 0 Å². The molecule has 0 aromatic heterocycles. The van der Waals surface area contributed by atoms with Crippen LogP contribution in [0.15, 0.2) is 42.5 Å². The smallest absolute Gasteiger partial charge is 0.242 e. The number of benzene rings is 2. The molecule has 2 aromatic carbocycles. The van der Waals surface area contributed by atoms with Crippen LogP contribution < -0.4 is 19.1 Å². The second-order valence-corrected chi connectivity index (χ2v) is 10.9. The van der Waals surface area contributed by atoms with Crippen molar-refractivity contribution in [2.45, 2.75) is 45.7 Å². The first-order chi connectivity index (χ1) is 17.1. The number of fused-ring (bicyclic) bond motifs is 1. The van der Waals surface area contributed by atoms with Crippen LogP contribution in [0.2, 0.25) is 5.02 Å². The van der Waals surface area contributed by atoms with Crippen LogP contribution in [0.5, 0.6) is 11.5 Å². The third-order valence-corrected chi connectivity index (χ3v) is 7.23. The van der Waals surface area contributed by atoms with Crippen molar-refractivity contribution in [3.8, 4) is 11.5 Å². The molecule has 1 heterocycles. The molecular weight excluding hydrogens is 506 g/mol. The predicted molar refractivity (Wildman–Crippen MR) is 139 cm³/mol. The van der Waals surface area contributed by atoms with E-state index in [9.17, 15) is 18.0 Å². The molecule has 1 aliphatic rings. The number of anilines is 1. The van der Waals surface area contributed by atoms with Gasteiger partial charge in [0.15, 0.2) is 11.5 Å². The number of nitrogens with zero attached hydrogens (tertiary/aromatic N) is 2. The summed E-state index contributed by atoms with van der Waals surface area (Å²) in [5, 5.41) is 3.41. The molecule has 0 saturated heterocycles. The average Bonchev–Trinajstić information content (AvgIpc) is 3.31. The highest BCUT2D eigenvalue weighted by Crippen LogP contribution is 2.36. The molecule has 0 saturated carbocycles. The molecule has 1 aliphatic heterocycles. The monoisotopic (exact) mass is 537 g/mol. The van der Waals surface area contributed by atoms with Gasteiger partial charge in [0.2, 0.25) is 28.6 Å². The van der Waals surface area contributed by atoms with Gasteiger partial charge in [-0.3, -0.25) is 13.9 Å². The largest absolute Gasteiger partial charge is 0.454 e. The molecule has 9 nitrogen and oxygen atoms in total. The maximum Gasteiger partial charge on any atom is 0.242 e. The van der Waals surface area contributed by atoms with Gasteiger partial charge in [-0.2, -0.15) is 0 Å². The van der Waals surface area contributed by atoms with Gasteiger partial charge in [0, 0.05) is 37.1 Å². The molecule has 2 amide bonds. The second-order valence-electron chi connectivity index (χ2n) is 8.59. The zero-order chi connectivity index (χ0) is 26.3. The minimum absolute atomic E-state index is 0.0650. The lowest BCUT2D eigenvalue weighted by Gasteiger charge is -2.29. The zero-order valence-electron chi connectivity index (χ0n) is 20.7. The number of carbonyl (C=O) groups excluding carboxylic acids is 2. The number of nitrogens with one attached hydrogen (secondary N) is 1. The fourth-order valence-corrected chi connectivity index (χ4v) is 4.89. The van der Waals surface area contributed by atoms with E-state index in [4.69, 9.17) is 21.1 Å². The van der Waals surface area contributed by atoms with Crippen LogP contribution >= 0.6 is 11.6 Å². The number of sulfonamides is 1. The number of ether oxygens (including phenoxy) is 2. The van der Waals surface area contributed by atoms with Gasteiger partial charge in [-0.15, -0.1) is 0 Å².